The van der Waals surface area contributed by atoms with Crippen molar-refractivity contribution in [2.75, 3.05) is 33.8 Å². The maximum Gasteiger partial charge on any atom is 0.305 e. The van der Waals surface area contributed by atoms with Crippen LogP contribution in [0.15, 0.2) is 40.8 Å². The number of ether oxygens (including phenoxy) is 1. The minimum atomic E-state index is -3.99. The Morgan fingerprint density at radius 1 is 1.00 bits per heavy atom. The summed E-state index contributed by atoms with van der Waals surface area (Å²) < 4.78 is 52.4. The Morgan fingerprint density at radius 2 is 1.70 bits per heavy atom. The number of sulfonamides is 1. The first-order valence-corrected chi connectivity index (χ1v) is 15.8. The molecule has 0 radical (unpaired) electrons. The topological polar surface area (TPSA) is 173 Å². The zero-order valence-corrected chi connectivity index (χ0v) is 25.3. The Kier molecular flexibility index (Phi) is 10.7. The molecule has 3 amide bonds. The van der Waals surface area contributed by atoms with Crippen LogP contribution in [0.1, 0.15) is 59.5 Å². The predicted molar refractivity (Wildman–Crippen MR) is 159 cm³/mol. The molecule has 1 aliphatic rings. The van der Waals surface area contributed by atoms with E-state index in [0.29, 0.717) is 41.5 Å². The highest BCUT2D eigenvalue weighted by molar-refractivity contribution is 7.88. The van der Waals surface area contributed by atoms with E-state index in [4.69, 9.17) is 4.42 Å². The highest BCUT2D eigenvalue weighted by Crippen LogP contribution is 2.45. The van der Waals surface area contributed by atoms with E-state index in [-0.39, 0.29) is 36.2 Å². The van der Waals surface area contributed by atoms with Crippen molar-refractivity contribution in [1.82, 2.24) is 20.7 Å². The molecule has 1 aliphatic carbocycles. The van der Waals surface area contributed by atoms with Gasteiger partial charge in [0, 0.05) is 31.0 Å². The number of furan rings is 1. The molecule has 0 aliphatic heterocycles. The van der Waals surface area contributed by atoms with Crippen LogP contribution in [0.25, 0.3) is 22.3 Å². The number of nitrogens with one attached hydrogen (secondary N) is 4. The number of amides is 3. The van der Waals surface area contributed by atoms with Crippen LogP contribution in [0.4, 0.5) is 4.39 Å². The van der Waals surface area contributed by atoms with E-state index in [1.807, 2.05) is 0 Å². The van der Waals surface area contributed by atoms with Crippen LogP contribution in [0.3, 0.4) is 0 Å². The monoisotopic (exact) mass is 630 g/mol. The summed E-state index contributed by atoms with van der Waals surface area (Å²) >= 11 is 0. The normalized spacial score (nSPS) is 13.0. The van der Waals surface area contributed by atoms with E-state index in [1.54, 1.807) is 12.1 Å². The maximum atomic E-state index is 13.6. The first-order chi connectivity index (χ1) is 21.0. The molecule has 14 heteroatoms. The smallest absolute Gasteiger partial charge is 0.305 e. The fourth-order valence-electron chi connectivity index (χ4n) is 4.72. The summed E-state index contributed by atoms with van der Waals surface area (Å²) in [6.45, 7) is -0.577. The zero-order chi connectivity index (χ0) is 31.9. The van der Waals surface area contributed by atoms with Gasteiger partial charge in [0.25, 0.3) is 5.91 Å². The third-order valence-electron chi connectivity index (χ3n) is 7.13. The minimum Gasteiger partial charge on any atom is -0.469 e. The summed E-state index contributed by atoms with van der Waals surface area (Å²) in [6.07, 6.45) is 3.07. The van der Waals surface area contributed by atoms with Crippen LogP contribution in [0.5, 0.6) is 0 Å². The molecule has 0 saturated heterocycles. The van der Waals surface area contributed by atoms with Gasteiger partial charge in [0.2, 0.25) is 21.8 Å². The van der Waals surface area contributed by atoms with Gasteiger partial charge in [0.15, 0.2) is 0 Å². The molecule has 1 saturated carbocycles. The molecular weight excluding hydrogens is 595 g/mol. The summed E-state index contributed by atoms with van der Waals surface area (Å²) in [5.74, 6) is -2.38. The van der Waals surface area contributed by atoms with Crippen molar-refractivity contribution in [1.29, 1.82) is 0 Å². The molecule has 44 heavy (non-hydrogen) atoms. The molecular formula is C30H35FN4O8S. The van der Waals surface area contributed by atoms with Gasteiger partial charge in [-0.1, -0.05) is 0 Å². The first kappa shape index (κ1) is 32.6. The number of esters is 1. The van der Waals surface area contributed by atoms with Crippen LogP contribution in [-0.2, 0) is 34.9 Å². The lowest BCUT2D eigenvalue weighted by Gasteiger charge is -2.12. The number of unbranched alkanes of at least 4 members (excludes halogenated alkanes) is 1. The fraction of sp³-hybridized carbons (Fsp3) is 0.400. The number of hydrogen-bond acceptors (Lipinski definition) is 8. The Balaban J connectivity index is 1.41. The van der Waals surface area contributed by atoms with Gasteiger partial charge < -0.3 is 25.1 Å². The lowest BCUT2D eigenvalue weighted by molar-refractivity contribution is -0.140. The van der Waals surface area contributed by atoms with E-state index in [0.717, 1.165) is 18.4 Å². The van der Waals surface area contributed by atoms with Gasteiger partial charge in [-0.2, -0.15) is 0 Å². The summed E-state index contributed by atoms with van der Waals surface area (Å²) in [5.41, 5.74) is 2.30. The first-order valence-electron chi connectivity index (χ1n) is 14.2. The number of hydrogen-bond donors (Lipinski definition) is 4. The van der Waals surface area contributed by atoms with Crippen molar-refractivity contribution < 1.29 is 41.1 Å². The maximum absolute atomic E-state index is 13.6. The largest absolute Gasteiger partial charge is 0.469 e. The Bertz CT molecular complexity index is 1650. The SMILES string of the molecule is CNC(=O)c1c(-c2ccc(F)cc2)oc2cc(CS(=O)(=O)NCC(=O)NCC(=O)NCCCCC(=O)OC)c(C3CC3)cc12. The van der Waals surface area contributed by atoms with E-state index in [9.17, 15) is 32.0 Å². The summed E-state index contributed by atoms with van der Waals surface area (Å²) in [4.78, 5) is 48.2. The molecule has 236 valence electrons. The molecule has 1 fully saturated rings. The second-order valence-electron chi connectivity index (χ2n) is 10.5. The van der Waals surface area contributed by atoms with E-state index < -0.39 is 45.9 Å². The third kappa shape index (κ3) is 8.63. The lowest BCUT2D eigenvalue weighted by atomic mass is 9.98. The van der Waals surface area contributed by atoms with E-state index >= 15 is 0 Å². The second kappa shape index (κ2) is 14.4. The van der Waals surface area contributed by atoms with Crippen LogP contribution >= 0.6 is 0 Å². The second-order valence-corrected chi connectivity index (χ2v) is 12.3. The van der Waals surface area contributed by atoms with Crippen LogP contribution in [0, 0.1) is 5.82 Å². The molecule has 0 bridgehead atoms. The van der Waals surface area contributed by atoms with Crippen molar-refractivity contribution in [2.24, 2.45) is 0 Å². The molecule has 0 spiro atoms. The van der Waals surface area contributed by atoms with Gasteiger partial charge >= 0.3 is 5.97 Å². The van der Waals surface area contributed by atoms with Crippen LogP contribution < -0.4 is 20.7 Å². The number of halogens is 1. The molecule has 12 nitrogen and oxygen atoms in total. The van der Waals surface area contributed by atoms with Gasteiger partial charge in [-0.15, -0.1) is 0 Å². The van der Waals surface area contributed by atoms with Crippen LogP contribution in [0.2, 0.25) is 0 Å². The standard InChI is InChI=1S/C30H35FN4O8S/c1-32-30(39)28-23-14-22(18-6-7-18)20(13-24(23)43-29(28)19-8-10-21(31)11-9-19)17-44(40,41)35-16-26(37)34-15-25(36)33-12-4-3-5-27(38)42-2/h8-11,13-14,18,35H,3-7,12,15-17H2,1-2H3,(H,32,39)(H,33,36)(H,34,37). The number of fused-ring (bicyclic) bond motifs is 1. The van der Waals surface area contributed by atoms with Gasteiger partial charge in [-0.05, 0) is 79.1 Å². The highest BCUT2D eigenvalue weighted by Gasteiger charge is 2.31. The summed E-state index contributed by atoms with van der Waals surface area (Å²) in [5, 5.41) is 8.09. The molecule has 3 aromatic rings. The number of benzene rings is 2. The van der Waals surface area contributed by atoms with Crippen molar-refractivity contribution in [3.8, 4) is 11.3 Å². The molecule has 4 rings (SSSR count). The molecule has 0 unspecified atom stereocenters. The van der Waals surface area contributed by atoms with Crippen molar-refractivity contribution in [3.63, 3.8) is 0 Å². The molecule has 2 aromatic carbocycles. The molecule has 0 atom stereocenters. The summed E-state index contributed by atoms with van der Waals surface area (Å²) in [6, 6.07) is 8.89. The molecule has 4 N–H and O–H groups in total. The zero-order valence-electron chi connectivity index (χ0n) is 24.5. The number of carbonyl (C=O) groups excluding carboxylic acids is 4. The number of rotatable bonds is 15. The number of methoxy groups -OCH3 is 1. The molecule has 1 aromatic heterocycles. The van der Waals surface area contributed by atoms with E-state index in [1.165, 1.54) is 38.4 Å². The predicted octanol–water partition coefficient (Wildman–Crippen LogP) is 2.47. The fourth-order valence-corrected chi connectivity index (χ4v) is 5.83. The average molecular weight is 631 g/mol. The van der Waals surface area contributed by atoms with Gasteiger partial charge in [0.1, 0.15) is 17.2 Å². The Morgan fingerprint density at radius 3 is 2.36 bits per heavy atom. The van der Waals surface area contributed by atoms with Gasteiger partial charge in [0.05, 0.1) is 31.5 Å². The lowest BCUT2D eigenvalue weighted by Crippen LogP contribution is -2.42. The average Bonchev–Trinajstić information content (AvgIpc) is 3.78. The van der Waals surface area contributed by atoms with Gasteiger partial charge in [-0.25, -0.2) is 17.5 Å². The van der Waals surface area contributed by atoms with Gasteiger partial charge in [-0.3, -0.25) is 19.2 Å². The number of carbonyl (C=O) groups is 4. The minimum absolute atomic E-state index is 0.119. The highest BCUT2D eigenvalue weighted by atomic mass is 32.2. The molecule has 1 heterocycles. The van der Waals surface area contributed by atoms with E-state index in [2.05, 4.69) is 25.4 Å². The summed E-state index contributed by atoms with van der Waals surface area (Å²) in [7, 11) is -1.20. The Hall–Kier alpha value is -4.30. The third-order valence-corrected chi connectivity index (χ3v) is 8.40. The van der Waals surface area contributed by atoms with Crippen molar-refractivity contribution in [2.45, 2.75) is 43.8 Å². The quantitative estimate of drug-likeness (QED) is 0.146. The van der Waals surface area contributed by atoms with Crippen LogP contribution in [-0.4, -0.2) is 65.9 Å². The van der Waals surface area contributed by atoms with Crippen molar-refractivity contribution in [3.05, 3.63) is 58.9 Å². The van der Waals surface area contributed by atoms with Crippen molar-refractivity contribution >= 4 is 44.7 Å². The Labute approximate surface area is 254 Å².